The van der Waals surface area contributed by atoms with Crippen molar-refractivity contribution in [2.45, 2.75) is 26.3 Å². The van der Waals surface area contributed by atoms with Crippen molar-refractivity contribution in [3.63, 3.8) is 0 Å². The number of nitrogens with zero attached hydrogens (tertiary/aromatic N) is 3. The van der Waals surface area contributed by atoms with Gasteiger partial charge in [0, 0.05) is 0 Å². The highest BCUT2D eigenvalue weighted by Crippen LogP contribution is 2.22. The van der Waals surface area contributed by atoms with Gasteiger partial charge >= 0.3 is 0 Å². The SMILES string of the molecule is Cc1nn(CC(C#N)c2ccccc2)c(C)c1Cl. The molecule has 0 saturated carbocycles. The molecule has 0 saturated heterocycles. The van der Waals surface area contributed by atoms with Crippen LogP contribution in [0.3, 0.4) is 0 Å². The number of rotatable bonds is 3. The van der Waals surface area contributed by atoms with Gasteiger partial charge in [-0.25, -0.2) is 0 Å². The number of hydrogen-bond acceptors (Lipinski definition) is 2. The summed E-state index contributed by atoms with van der Waals surface area (Å²) in [4.78, 5) is 0. The lowest BCUT2D eigenvalue weighted by atomic mass is 10.0. The van der Waals surface area contributed by atoms with Gasteiger partial charge in [-0.05, 0) is 19.4 Å². The Kier molecular flexibility index (Phi) is 3.69. The Labute approximate surface area is 112 Å². The Morgan fingerprint density at radius 3 is 2.50 bits per heavy atom. The highest BCUT2D eigenvalue weighted by molar-refractivity contribution is 6.31. The molecule has 0 bridgehead atoms. The molecule has 0 spiro atoms. The summed E-state index contributed by atoms with van der Waals surface area (Å²) in [6.07, 6.45) is 0. The van der Waals surface area contributed by atoms with Crippen molar-refractivity contribution in [3.05, 3.63) is 52.3 Å². The lowest BCUT2D eigenvalue weighted by molar-refractivity contribution is 0.562. The van der Waals surface area contributed by atoms with E-state index in [0.29, 0.717) is 11.6 Å². The van der Waals surface area contributed by atoms with Crippen molar-refractivity contribution < 1.29 is 0 Å². The van der Waals surface area contributed by atoms with Crippen LogP contribution in [0.15, 0.2) is 30.3 Å². The molecular weight excluding hydrogens is 246 g/mol. The number of aryl methyl sites for hydroxylation is 1. The second kappa shape index (κ2) is 5.24. The van der Waals surface area contributed by atoms with Gasteiger partial charge in [0.2, 0.25) is 0 Å². The summed E-state index contributed by atoms with van der Waals surface area (Å²) in [5, 5.41) is 14.3. The minimum atomic E-state index is -0.208. The minimum absolute atomic E-state index is 0.208. The molecule has 0 fully saturated rings. The number of halogens is 1. The Balaban J connectivity index is 2.27. The molecule has 2 rings (SSSR count). The molecule has 92 valence electrons. The number of aromatic nitrogens is 2. The van der Waals surface area contributed by atoms with E-state index in [-0.39, 0.29) is 5.92 Å². The molecule has 4 heteroatoms. The smallest absolute Gasteiger partial charge is 0.0908 e. The molecule has 1 aromatic carbocycles. The summed E-state index contributed by atoms with van der Waals surface area (Å²) in [6, 6.07) is 12.1. The van der Waals surface area contributed by atoms with Gasteiger partial charge in [0.05, 0.1) is 34.9 Å². The summed E-state index contributed by atoms with van der Waals surface area (Å²) in [6.45, 7) is 4.32. The Morgan fingerprint density at radius 2 is 2.00 bits per heavy atom. The van der Waals surface area contributed by atoms with E-state index in [2.05, 4.69) is 11.2 Å². The number of nitriles is 1. The molecule has 0 radical (unpaired) electrons. The first-order valence-corrected chi connectivity index (χ1v) is 6.15. The molecule has 1 atom stereocenters. The van der Waals surface area contributed by atoms with E-state index in [1.54, 1.807) is 4.68 Å². The van der Waals surface area contributed by atoms with Crippen LogP contribution in [0.4, 0.5) is 0 Å². The summed E-state index contributed by atoms with van der Waals surface area (Å²) in [5.41, 5.74) is 2.72. The highest BCUT2D eigenvalue weighted by atomic mass is 35.5. The molecule has 2 aromatic rings. The lowest BCUT2D eigenvalue weighted by Crippen LogP contribution is -2.10. The maximum Gasteiger partial charge on any atom is 0.0908 e. The average molecular weight is 260 g/mol. The average Bonchev–Trinajstić information content (AvgIpc) is 2.64. The zero-order valence-corrected chi connectivity index (χ0v) is 11.1. The fraction of sp³-hybridized carbons (Fsp3) is 0.286. The van der Waals surface area contributed by atoms with Gasteiger partial charge in [-0.2, -0.15) is 10.4 Å². The van der Waals surface area contributed by atoms with Crippen molar-refractivity contribution in [2.75, 3.05) is 0 Å². The fourth-order valence-corrected chi connectivity index (χ4v) is 2.07. The predicted molar refractivity (Wildman–Crippen MR) is 71.5 cm³/mol. The Bertz CT molecular complexity index is 581. The molecule has 0 aliphatic carbocycles. The third kappa shape index (κ3) is 2.39. The van der Waals surface area contributed by atoms with Crippen LogP contribution in [-0.4, -0.2) is 9.78 Å². The van der Waals surface area contributed by atoms with E-state index in [1.807, 2.05) is 44.2 Å². The monoisotopic (exact) mass is 259 g/mol. The maximum absolute atomic E-state index is 9.28. The van der Waals surface area contributed by atoms with Gasteiger partial charge in [-0.3, -0.25) is 4.68 Å². The summed E-state index contributed by atoms with van der Waals surface area (Å²) >= 11 is 6.10. The van der Waals surface area contributed by atoms with Gasteiger partial charge < -0.3 is 0 Å². The largest absolute Gasteiger partial charge is 0.266 e. The topological polar surface area (TPSA) is 41.6 Å². The van der Waals surface area contributed by atoms with Crippen LogP contribution in [0.2, 0.25) is 5.02 Å². The Morgan fingerprint density at radius 1 is 1.33 bits per heavy atom. The molecule has 1 aromatic heterocycles. The molecule has 18 heavy (non-hydrogen) atoms. The van der Waals surface area contributed by atoms with Crippen LogP contribution in [0, 0.1) is 25.2 Å². The van der Waals surface area contributed by atoms with Crippen molar-refractivity contribution >= 4 is 11.6 Å². The number of benzene rings is 1. The molecule has 1 unspecified atom stereocenters. The first-order valence-electron chi connectivity index (χ1n) is 5.77. The zero-order chi connectivity index (χ0) is 13.1. The van der Waals surface area contributed by atoms with Crippen LogP contribution < -0.4 is 0 Å². The van der Waals surface area contributed by atoms with Crippen LogP contribution in [0.25, 0.3) is 0 Å². The highest BCUT2D eigenvalue weighted by Gasteiger charge is 2.15. The molecule has 0 N–H and O–H groups in total. The predicted octanol–water partition coefficient (Wildman–Crippen LogP) is 3.46. The molecule has 0 aliphatic heterocycles. The van der Waals surface area contributed by atoms with E-state index < -0.39 is 0 Å². The normalized spacial score (nSPS) is 12.1. The fourth-order valence-electron chi connectivity index (χ4n) is 1.93. The minimum Gasteiger partial charge on any atom is -0.266 e. The molecule has 3 nitrogen and oxygen atoms in total. The summed E-state index contributed by atoms with van der Waals surface area (Å²) in [7, 11) is 0. The van der Waals surface area contributed by atoms with E-state index in [0.717, 1.165) is 17.0 Å². The molecule has 0 amide bonds. The van der Waals surface area contributed by atoms with Gasteiger partial charge in [0.25, 0.3) is 0 Å². The second-order valence-electron chi connectivity index (χ2n) is 4.26. The van der Waals surface area contributed by atoms with Gasteiger partial charge in [0.1, 0.15) is 0 Å². The molecule has 1 heterocycles. The second-order valence-corrected chi connectivity index (χ2v) is 4.64. The van der Waals surface area contributed by atoms with E-state index >= 15 is 0 Å². The van der Waals surface area contributed by atoms with E-state index in [4.69, 9.17) is 11.6 Å². The molecule has 0 aliphatic rings. The van der Waals surface area contributed by atoms with Crippen molar-refractivity contribution in [1.29, 1.82) is 5.26 Å². The zero-order valence-electron chi connectivity index (χ0n) is 10.4. The maximum atomic E-state index is 9.28. The quantitative estimate of drug-likeness (QED) is 0.847. The van der Waals surface area contributed by atoms with Crippen LogP contribution in [0.5, 0.6) is 0 Å². The van der Waals surface area contributed by atoms with Crippen LogP contribution in [-0.2, 0) is 6.54 Å². The standard InChI is InChI=1S/C14H14ClN3/c1-10-14(15)11(2)18(17-10)9-13(8-16)12-6-4-3-5-7-12/h3-7,13H,9H2,1-2H3. The van der Waals surface area contributed by atoms with E-state index in [1.165, 1.54) is 0 Å². The third-order valence-corrected chi connectivity index (χ3v) is 3.55. The van der Waals surface area contributed by atoms with Crippen molar-refractivity contribution in [2.24, 2.45) is 0 Å². The Hall–Kier alpha value is -1.79. The first kappa shape index (κ1) is 12.7. The van der Waals surface area contributed by atoms with Crippen molar-refractivity contribution in [1.82, 2.24) is 9.78 Å². The first-order chi connectivity index (χ1) is 8.63. The van der Waals surface area contributed by atoms with Gasteiger partial charge in [-0.15, -0.1) is 0 Å². The molecular formula is C14H14ClN3. The van der Waals surface area contributed by atoms with Crippen LogP contribution >= 0.6 is 11.6 Å². The number of hydrogen-bond donors (Lipinski definition) is 0. The van der Waals surface area contributed by atoms with Crippen molar-refractivity contribution in [3.8, 4) is 6.07 Å². The van der Waals surface area contributed by atoms with Gasteiger partial charge in [-0.1, -0.05) is 41.9 Å². The summed E-state index contributed by atoms with van der Waals surface area (Å²) in [5.74, 6) is -0.208. The van der Waals surface area contributed by atoms with Gasteiger partial charge in [0.15, 0.2) is 0 Å². The summed E-state index contributed by atoms with van der Waals surface area (Å²) < 4.78 is 1.80. The third-order valence-electron chi connectivity index (χ3n) is 3.01. The van der Waals surface area contributed by atoms with Crippen LogP contribution in [0.1, 0.15) is 22.9 Å². The van der Waals surface area contributed by atoms with E-state index in [9.17, 15) is 5.26 Å². The lowest BCUT2D eigenvalue weighted by Gasteiger charge is -2.10.